The first-order valence-corrected chi connectivity index (χ1v) is 20.2. The number of Topliss-reactive ketones (excluding diaryl/α,β-unsaturated/α-hetero) is 1. The van der Waals surface area contributed by atoms with E-state index in [1.54, 1.807) is 10.8 Å². The maximum atomic E-state index is 12.0. The zero-order valence-electron chi connectivity index (χ0n) is 27.9. The van der Waals surface area contributed by atoms with E-state index in [-0.39, 0.29) is 60.4 Å². The Hall–Kier alpha value is -2.35. The molecule has 2 fully saturated rings. The van der Waals surface area contributed by atoms with E-state index in [0.717, 1.165) is 29.6 Å². The molecule has 4 amide bonds. The number of ketones is 1. The molecule has 0 bridgehead atoms. The highest BCUT2D eigenvalue weighted by atomic mass is 33.1. The summed E-state index contributed by atoms with van der Waals surface area (Å²) >= 11 is 1.89. The molecule has 15 nitrogen and oxygen atoms in total. The van der Waals surface area contributed by atoms with Crippen LogP contribution in [0.15, 0.2) is 12.1 Å². The second-order valence-corrected chi connectivity index (χ2v) is 15.3. The number of nitrogens with one attached hydrogen (secondary N) is 4. The van der Waals surface area contributed by atoms with E-state index < -0.39 is 0 Å². The van der Waals surface area contributed by atoms with Crippen LogP contribution in [0, 0.1) is 0 Å². The third-order valence-electron chi connectivity index (χ3n) is 7.56. The lowest BCUT2D eigenvalue weighted by atomic mass is 10.0. The zero-order valence-corrected chi connectivity index (χ0v) is 30.3. The van der Waals surface area contributed by atoms with Gasteiger partial charge in [-0.15, -0.1) is 0 Å². The fraction of sp³-hybridized carbons (Fsp3) is 0.742. The molecule has 0 unspecified atom stereocenters. The molecule has 3 heterocycles. The number of fused-ring (bicyclic) bond motifs is 1. The summed E-state index contributed by atoms with van der Waals surface area (Å²) in [5.74, 6) is 1.82. The molecule has 0 saturated carbocycles. The normalized spacial score (nSPS) is 18.2. The van der Waals surface area contributed by atoms with Crippen molar-refractivity contribution in [2.45, 2.75) is 62.4 Å². The van der Waals surface area contributed by atoms with Crippen LogP contribution in [0.2, 0.25) is 0 Å². The van der Waals surface area contributed by atoms with Gasteiger partial charge in [0.15, 0.2) is 17.5 Å². The summed E-state index contributed by atoms with van der Waals surface area (Å²) in [6, 6.07) is 3.05. The lowest BCUT2D eigenvalue weighted by molar-refractivity contribution is -0.122. The molecule has 0 radical (unpaired) electrons. The van der Waals surface area contributed by atoms with E-state index in [0.29, 0.717) is 95.5 Å². The van der Waals surface area contributed by atoms with Gasteiger partial charge in [0.25, 0.3) is 0 Å². The van der Waals surface area contributed by atoms with Gasteiger partial charge in [0.05, 0.1) is 71.5 Å². The Morgan fingerprint density at radius 3 is 2.12 bits per heavy atom. The van der Waals surface area contributed by atoms with Gasteiger partial charge in [-0.3, -0.25) is 19.0 Å². The molecule has 3 rings (SSSR count). The van der Waals surface area contributed by atoms with Crippen molar-refractivity contribution in [1.29, 1.82) is 0 Å². The molecule has 18 heteroatoms. The summed E-state index contributed by atoms with van der Waals surface area (Å²) in [4.78, 5) is 47.4. The van der Waals surface area contributed by atoms with E-state index in [2.05, 4.69) is 21.3 Å². The van der Waals surface area contributed by atoms with E-state index in [1.165, 1.54) is 22.9 Å². The van der Waals surface area contributed by atoms with Crippen molar-refractivity contribution in [3.8, 4) is 11.8 Å². The summed E-state index contributed by atoms with van der Waals surface area (Å²) < 4.78 is 23.0. The molecule has 3 atom stereocenters. The van der Waals surface area contributed by atoms with E-state index in [1.807, 2.05) is 11.8 Å². The van der Waals surface area contributed by atoms with E-state index in [9.17, 15) is 29.4 Å². The second-order valence-electron chi connectivity index (χ2n) is 11.3. The first-order valence-electron chi connectivity index (χ1n) is 16.7. The highest BCUT2D eigenvalue weighted by Crippen LogP contribution is 2.33. The highest BCUT2D eigenvalue weighted by molar-refractivity contribution is 8.76. The van der Waals surface area contributed by atoms with Gasteiger partial charge in [0, 0.05) is 67.0 Å². The van der Waals surface area contributed by atoms with Crippen LogP contribution in [0.3, 0.4) is 0 Å². The third kappa shape index (κ3) is 17.4. The first-order chi connectivity index (χ1) is 23.8. The number of aromatic hydroxyl groups is 2. The second kappa shape index (κ2) is 24.7. The van der Waals surface area contributed by atoms with Crippen LogP contribution in [-0.2, 0) is 39.9 Å². The minimum atomic E-state index is -0.143. The van der Waals surface area contributed by atoms with Crippen molar-refractivity contribution in [3.05, 3.63) is 12.1 Å². The summed E-state index contributed by atoms with van der Waals surface area (Å²) in [5.41, 5.74) is 0. The molecule has 0 aromatic carbocycles. The van der Waals surface area contributed by atoms with Crippen molar-refractivity contribution < 1.29 is 48.3 Å². The number of unbranched alkanes of at least 4 members (excludes halogenated alkanes) is 1. The number of thioether (sulfide) groups is 1. The Labute approximate surface area is 299 Å². The minimum Gasteiger partial charge on any atom is -0.494 e. The van der Waals surface area contributed by atoms with Crippen molar-refractivity contribution in [1.82, 2.24) is 25.8 Å². The molecule has 2 saturated heterocycles. The Morgan fingerprint density at radius 2 is 1.41 bits per heavy atom. The van der Waals surface area contributed by atoms with Crippen molar-refractivity contribution >= 4 is 57.0 Å². The molecular weight excluding hydrogens is 699 g/mol. The number of ether oxygens (including phenoxy) is 4. The Kier molecular flexibility index (Phi) is 20.7. The van der Waals surface area contributed by atoms with Gasteiger partial charge in [0.1, 0.15) is 0 Å². The van der Waals surface area contributed by atoms with Crippen LogP contribution in [0.1, 0.15) is 38.5 Å². The summed E-state index contributed by atoms with van der Waals surface area (Å²) in [7, 11) is 3.10. The molecule has 49 heavy (non-hydrogen) atoms. The van der Waals surface area contributed by atoms with Gasteiger partial charge >= 0.3 is 6.03 Å². The van der Waals surface area contributed by atoms with Gasteiger partial charge < -0.3 is 50.4 Å². The molecule has 0 spiro atoms. The molecule has 2 aliphatic rings. The van der Waals surface area contributed by atoms with Crippen LogP contribution in [0.4, 0.5) is 4.79 Å². The van der Waals surface area contributed by atoms with Gasteiger partial charge in [-0.2, -0.15) is 11.8 Å². The molecule has 1 aromatic rings. The lowest BCUT2D eigenvalue weighted by Gasteiger charge is -2.16. The molecule has 278 valence electrons. The number of amides is 4. The van der Waals surface area contributed by atoms with Crippen molar-refractivity contribution in [2.24, 2.45) is 0 Å². The Bertz CT molecular complexity index is 1130. The van der Waals surface area contributed by atoms with Crippen molar-refractivity contribution in [2.75, 3.05) is 83.2 Å². The molecule has 6 N–H and O–H groups in total. The predicted molar refractivity (Wildman–Crippen MR) is 190 cm³/mol. The topological polar surface area (TPSA) is 199 Å². The zero-order chi connectivity index (χ0) is 35.1. The van der Waals surface area contributed by atoms with E-state index in [4.69, 9.17) is 18.9 Å². The van der Waals surface area contributed by atoms with E-state index >= 15 is 0 Å². The Balaban J connectivity index is 0.972. The SMILES string of the molecule is O=C(CCSSCCNC(=O)CCOCCOCCOCCOCCNC(=O)CCCC[C@@H]1SC[C@@H]2NC(=O)N[C@@H]21)Cn1c(O)ccc1O. The predicted octanol–water partition coefficient (Wildman–Crippen LogP) is 1.65. The number of aromatic nitrogens is 1. The summed E-state index contributed by atoms with van der Waals surface area (Å²) in [5, 5.41) is 31.2. The highest BCUT2D eigenvalue weighted by Gasteiger charge is 2.42. The number of nitrogens with zero attached hydrogens (tertiary/aromatic N) is 1. The van der Waals surface area contributed by atoms with Crippen LogP contribution >= 0.6 is 33.3 Å². The number of rotatable bonds is 29. The maximum absolute atomic E-state index is 12.0. The van der Waals surface area contributed by atoms with Gasteiger partial charge in [-0.05, 0) is 12.8 Å². The third-order valence-corrected chi connectivity index (χ3v) is 11.5. The number of hydrogen-bond acceptors (Lipinski definition) is 13. The van der Waals surface area contributed by atoms with Gasteiger partial charge in [-0.1, -0.05) is 28.0 Å². The number of carbonyl (C=O) groups is 4. The van der Waals surface area contributed by atoms with Gasteiger partial charge in [-0.25, -0.2) is 4.79 Å². The fourth-order valence-corrected chi connectivity index (χ4v) is 8.49. The van der Waals surface area contributed by atoms with Crippen LogP contribution in [0.25, 0.3) is 0 Å². The molecule has 0 aliphatic carbocycles. The minimum absolute atomic E-state index is 0.0264. The fourth-order valence-electron chi connectivity index (χ4n) is 5.01. The maximum Gasteiger partial charge on any atom is 0.315 e. The van der Waals surface area contributed by atoms with Gasteiger partial charge in [0.2, 0.25) is 11.8 Å². The summed E-state index contributed by atoms with van der Waals surface area (Å²) in [6.07, 6.45) is 3.87. The molecule has 2 aliphatic heterocycles. The standard InChI is InChI=1S/C31H51N5O10S3/c37-23(21-36-28(40)5-6-29(36)41)8-19-48-49-20-10-33-27(39)7-11-43-13-15-45-17-18-46-16-14-44-12-9-32-26(38)4-2-1-3-25-30-24(22-47-25)34-31(42)35-30/h5-6,24-25,30,40-41H,1-4,7-22H2,(H,32,38)(H,33,39)(H2,34,35,42)/t24-,25-,30-/m0/s1. The molecular formula is C31H51N5O10S3. The average molecular weight is 750 g/mol. The quantitative estimate of drug-likeness (QED) is 0.0393. The van der Waals surface area contributed by atoms with Crippen molar-refractivity contribution in [3.63, 3.8) is 0 Å². The smallest absolute Gasteiger partial charge is 0.315 e. The monoisotopic (exact) mass is 749 g/mol. The summed E-state index contributed by atoms with van der Waals surface area (Å²) in [6.45, 7) is 4.16. The first kappa shape index (κ1) is 41.1. The van der Waals surface area contributed by atoms with Crippen LogP contribution in [-0.4, -0.2) is 139 Å². The van der Waals surface area contributed by atoms with Crippen LogP contribution < -0.4 is 21.3 Å². The van der Waals surface area contributed by atoms with Crippen LogP contribution in [0.5, 0.6) is 11.8 Å². The number of hydrogen-bond donors (Lipinski definition) is 6. The lowest BCUT2D eigenvalue weighted by Crippen LogP contribution is -2.36. The number of carbonyl (C=O) groups excluding carboxylic acids is 4. The Morgan fingerprint density at radius 1 is 0.796 bits per heavy atom. The average Bonchev–Trinajstić information content (AvgIpc) is 3.74. The molecule has 1 aromatic heterocycles. The number of urea groups is 1. The largest absolute Gasteiger partial charge is 0.494 e.